The predicted molar refractivity (Wildman–Crippen MR) is 61.7 cm³/mol. The second-order valence-electron chi connectivity index (χ2n) is 3.45. The number of hydrogen-bond acceptors (Lipinski definition) is 3. The van der Waals surface area contributed by atoms with E-state index in [1.54, 1.807) is 0 Å². The van der Waals surface area contributed by atoms with Gasteiger partial charge in [0.25, 0.3) is 0 Å². The molecule has 0 atom stereocenters. The van der Waals surface area contributed by atoms with Crippen molar-refractivity contribution >= 4 is 17.7 Å². The fraction of sp³-hybridized carbons (Fsp3) is 0.900. The Bertz CT molecular complexity index is 177. The Hall–Kier alpha value is -0.220. The Morgan fingerprint density at radius 1 is 1.29 bits per heavy atom. The van der Waals surface area contributed by atoms with Gasteiger partial charge in [-0.1, -0.05) is 0 Å². The molecule has 0 aromatic heterocycles. The minimum absolute atomic E-state index is 0.280. The van der Waals surface area contributed by atoms with Crippen LogP contribution in [-0.4, -0.2) is 59.9 Å². The zero-order valence-electron chi connectivity index (χ0n) is 9.16. The summed E-state index contributed by atoms with van der Waals surface area (Å²) in [6, 6.07) is 0. The van der Waals surface area contributed by atoms with Gasteiger partial charge in [0.05, 0.1) is 6.54 Å². The van der Waals surface area contributed by atoms with E-state index in [0.29, 0.717) is 6.54 Å². The first-order valence-corrected chi connectivity index (χ1v) is 6.51. The summed E-state index contributed by atoms with van der Waals surface area (Å²) in [4.78, 5) is 15.9. The van der Waals surface area contributed by atoms with Crippen molar-refractivity contribution in [2.75, 3.05) is 44.2 Å². The summed E-state index contributed by atoms with van der Waals surface area (Å²) in [5.41, 5.74) is 0. The molecular formula is C10H20N2OS. The topological polar surface area (TPSA) is 23.6 Å². The number of carbonyl (C=O) groups excluding carboxylic acids is 1. The van der Waals surface area contributed by atoms with Gasteiger partial charge in [-0.3, -0.25) is 9.69 Å². The van der Waals surface area contributed by atoms with Gasteiger partial charge >= 0.3 is 0 Å². The molecule has 1 saturated heterocycles. The van der Waals surface area contributed by atoms with Gasteiger partial charge in [-0.15, -0.1) is 0 Å². The zero-order valence-corrected chi connectivity index (χ0v) is 9.98. The number of rotatable bonds is 4. The van der Waals surface area contributed by atoms with Crippen LogP contribution in [0, 0.1) is 0 Å². The standard InChI is InChI=1S/C10H20N2OS/c1-3-12(4-2)10(13)9-11-5-7-14-8-6-11/h3-9H2,1-2H3. The van der Waals surface area contributed by atoms with E-state index in [9.17, 15) is 4.79 Å². The Morgan fingerprint density at radius 3 is 2.36 bits per heavy atom. The van der Waals surface area contributed by atoms with Gasteiger partial charge in [0.1, 0.15) is 0 Å². The number of carbonyl (C=O) groups is 1. The lowest BCUT2D eigenvalue weighted by Crippen LogP contribution is -2.43. The maximum atomic E-state index is 11.8. The summed E-state index contributed by atoms with van der Waals surface area (Å²) in [7, 11) is 0. The molecule has 0 saturated carbocycles. The first-order chi connectivity index (χ1) is 6.77. The number of hydrogen-bond donors (Lipinski definition) is 0. The zero-order chi connectivity index (χ0) is 10.4. The fourth-order valence-corrected chi connectivity index (χ4v) is 2.61. The van der Waals surface area contributed by atoms with Crippen LogP contribution in [0.15, 0.2) is 0 Å². The van der Waals surface area contributed by atoms with Gasteiger partial charge in [-0.2, -0.15) is 11.8 Å². The van der Waals surface area contributed by atoms with E-state index in [2.05, 4.69) is 4.90 Å². The van der Waals surface area contributed by atoms with Crippen LogP contribution in [0.1, 0.15) is 13.8 Å². The van der Waals surface area contributed by atoms with E-state index in [0.717, 1.165) is 26.2 Å². The van der Waals surface area contributed by atoms with Crippen molar-refractivity contribution in [3.63, 3.8) is 0 Å². The molecule has 3 nitrogen and oxygen atoms in total. The molecule has 0 bridgehead atoms. The van der Waals surface area contributed by atoms with Crippen LogP contribution in [0.25, 0.3) is 0 Å². The molecule has 0 radical (unpaired) electrons. The molecule has 1 amide bonds. The predicted octanol–water partition coefficient (Wildman–Crippen LogP) is 0.904. The van der Waals surface area contributed by atoms with Crippen molar-refractivity contribution in [2.45, 2.75) is 13.8 Å². The van der Waals surface area contributed by atoms with Gasteiger partial charge in [0.15, 0.2) is 0 Å². The summed E-state index contributed by atoms with van der Waals surface area (Å²) >= 11 is 1.98. The van der Waals surface area contributed by atoms with E-state index < -0.39 is 0 Å². The number of thioether (sulfide) groups is 1. The third-order valence-corrected chi connectivity index (χ3v) is 3.52. The van der Waals surface area contributed by atoms with E-state index in [1.165, 1.54) is 11.5 Å². The molecule has 1 fully saturated rings. The molecule has 0 unspecified atom stereocenters. The summed E-state index contributed by atoms with van der Waals surface area (Å²) in [6.07, 6.45) is 0. The molecule has 82 valence electrons. The Morgan fingerprint density at radius 2 is 1.86 bits per heavy atom. The first kappa shape index (κ1) is 11.9. The normalized spacial score (nSPS) is 18.1. The minimum Gasteiger partial charge on any atom is -0.342 e. The van der Waals surface area contributed by atoms with Crippen LogP contribution in [0.5, 0.6) is 0 Å². The maximum absolute atomic E-state index is 11.8. The first-order valence-electron chi connectivity index (χ1n) is 5.35. The molecule has 0 aromatic carbocycles. The second kappa shape index (κ2) is 6.30. The quantitative estimate of drug-likeness (QED) is 0.698. The van der Waals surface area contributed by atoms with Crippen molar-refractivity contribution in [1.82, 2.24) is 9.80 Å². The van der Waals surface area contributed by atoms with Gasteiger partial charge in [0, 0.05) is 37.7 Å². The van der Waals surface area contributed by atoms with E-state index >= 15 is 0 Å². The van der Waals surface area contributed by atoms with Crippen LogP contribution in [0.4, 0.5) is 0 Å². The van der Waals surface area contributed by atoms with Crippen molar-refractivity contribution in [1.29, 1.82) is 0 Å². The van der Waals surface area contributed by atoms with E-state index in [1.807, 2.05) is 30.5 Å². The molecule has 0 aromatic rings. The second-order valence-corrected chi connectivity index (χ2v) is 4.68. The highest BCUT2D eigenvalue weighted by molar-refractivity contribution is 7.99. The average molecular weight is 216 g/mol. The SMILES string of the molecule is CCN(CC)C(=O)CN1CCSCC1. The summed E-state index contributed by atoms with van der Waals surface area (Å²) in [5.74, 6) is 2.62. The molecule has 0 aliphatic carbocycles. The lowest BCUT2D eigenvalue weighted by Gasteiger charge is -2.28. The van der Waals surface area contributed by atoms with Crippen LogP contribution >= 0.6 is 11.8 Å². The number of nitrogens with zero attached hydrogens (tertiary/aromatic N) is 2. The molecular weight excluding hydrogens is 196 g/mol. The highest BCUT2D eigenvalue weighted by Gasteiger charge is 2.16. The minimum atomic E-state index is 0.280. The third-order valence-electron chi connectivity index (χ3n) is 2.58. The summed E-state index contributed by atoms with van der Waals surface area (Å²) in [6.45, 7) is 8.48. The van der Waals surface area contributed by atoms with Crippen LogP contribution < -0.4 is 0 Å². The number of amides is 1. The molecule has 1 heterocycles. The van der Waals surface area contributed by atoms with Gasteiger partial charge in [0.2, 0.25) is 5.91 Å². The third kappa shape index (κ3) is 3.50. The lowest BCUT2D eigenvalue weighted by atomic mass is 10.4. The van der Waals surface area contributed by atoms with E-state index in [-0.39, 0.29) is 5.91 Å². The molecule has 1 rings (SSSR count). The van der Waals surface area contributed by atoms with Crippen LogP contribution in [0.3, 0.4) is 0 Å². The van der Waals surface area contributed by atoms with Crippen molar-refractivity contribution < 1.29 is 4.79 Å². The van der Waals surface area contributed by atoms with Gasteiger partial charge in [-0.25, -0.2) is 0 Å². The highest BCUT2D eigenvalue weighted by Crippen LogP contribution is 2.08. The Labute approximate surface area is 90.8 Å². The van der Waals surface area contributed by atoms with Gasteiger partial charge in [-0.05, 0) is 13.8 Å². The molecule has 4 heteroatoms. The Kier molecular flexibility index (Phi) is 5.33. The molecule has 0 spiro atoms. The molecule has 0 N–H and O–H groups in total. The average Bonchev–Trinajstić information content (AvgIpc) is 2.21. The highest BCUT2D eigenvalue weighted by atomic mass is 32.2. The fourth-order valence-electron chi connectivity index (χ4n) is 1.63. The smallest absolute Gasteiger partial charge is 0.236 e. The van der Waals surface area contributed by atoms with Crippen molar-refractivity contribution in [2.24, 2.45) is 0 Å². The molecule has 1 aliphatic rings. The number of likely N-dealkylation sites (N-methyl/N-ethyl adjacent to an activating group) is 1. The lowest BCUT2D eigenvalue weighted by molar-refractivity contribution is -0.131. The van der Waals surface area contributed by atoms with Crippen molar-refractivity contribution in [3.05, 3.63) is 0 Å². The molecule has 1 aliphatic heterocycles. The van der Waals surface area contributed by atoms with Crippen molar-refractivity contribution in [3.8, 4) is 0 Å². The monoisotopic (exact) mass is 216 g/mol. The van der Waals surface area contributed by atoms with Crippen LogP contribution in [-0.2, 0) is 4.79 Å². The van der Waals surface area contributed by atoms with Gasteiger partial charge < -0.3 is 4.90 Å². The summed E-state index contributed by atoms with van der Waals surface area (Å²) < 4.78 is 0. The maximum Gasteiger partial charge on any atom is 0.236 e. The van der Waals surface area contributed by atoms with Crippen LogP contribution in [0.2, 0.25) is 0 Å². The Balaban J connectivity index is 2.30. The largest absolute Gasteiger partial charge is 0.342 e. The summed E-state index contributed by atoms with van der Waals surface area (Å²) in [5, 5.41) is 0. The molecule has 14 heavy (non-hydrogen) atoms. The van der Waals surface area contributed by atoms with E-state index in [4.69, 9.17) is 0 Å².